The smallest absolute Gasteiger partial charge is 0.225 e. The van der Waals surface area contributed by atoms with Crippen LogP contribution < -0.4 is 10.6 Å². The van der Waals surface area contributed by atoms with Crippen LogP contribution in [-0.4, -0.2) is 24.0 Å². The molecule has 4 heteroatoms. The summed E-state index contributed by atoms with van der Waals surface area (Å²) in [5.74, 6) is 0.369. The Kier molecular flexibility index (Phi) is 5.60. The quantitative estimate of drug-likeness (QED) is 0.764. The number of carbonyl (C=O) groups is 1. The molecule has 0 aromatic rings. The molecule has 2 atom stereocenters. The van der Waals surface area contributed by atoms with Crippen LogP contribution in [0.3, 0.4) is 0 Å². The largest absolute Gasteiger partial charge is 0.351 e. The van der Waals surface area contributed by atoms with Crippen molar-refractivity contribution in [2.75, 3.05) is 6.54 Å². The van der Waals surface area contributed by atoms with Gasteiger partial charge in [-0.3, -0.25) is 4.79 Å². The Bertz CT molecular complexity index is 213. The second-order valence-electron chi connectivity index (χ2n) is 5.10. The molecule has 15 heavy (non-hydrogen) atoms. The van der Waals surface area contributed by atoms with E-state index in [0.29, 0.717) is 6.04 Å². The second-order valence-corrected chi connectivity index (χ2v) is 5.10. The number of hydrogen-bond acceptors (Lipinski definition) is 2. The number of nitrogens with one attached hydrogen (secondary N) is 2. The summed E-state index contributed by atoms with van der Waals surface area (Å²) in [6.45, 7) is 9.16. The molecule has 2 N–H and O–H groups in total. The van der Waals surface area contributed by atoms with Crippen molar-refractivity contribution in [2.24, 2.45) is 5.92 Å². The van der Waals surface area contributed by atoms with E-state index in [4.69, 9.17) is 0 Å². The van der Waals surface area contributed by atoms with Crippen molar-refractivity contribution in [2.45, 2.75) is 52.1 Å². The van der Waals surface area contributed by atoms with Gasteiger partial charge in [0.1, 0.15) is 0 Å². The molecule has 0 spiro atoms. The summed E-state index contributed by atoms with van der Waals surface area (Å²) in [6.07, 6.45) is 2.00. The zero-order valence-electron chi connectivity index (χ0n) is 10.1. The lowest BCUT2D eigenvalue weighted by Crippen LogP contribution is -2.46. The van der Waals surface area contributed by atoms with E-state index in [-0.39, 0.29) is 29.8 Å². The van der Waals surface area contributed by atoms with Crippen LogP contribution in [0.4, 0.5) is 0 Å². The molecule has 0 aromatic carbocycles. The molecule has 0 saturated carbocycles. The molecule has 0 aliphatic carbocycles. The maximum atomic E-state index is 11.9. The van der Waals surface area contributed by atoms with Gasteiger partial charge in [0, 0.05) is 11.6 Å². The fourth-order valence-corrected chi connectivity index (χ4v) is 1.97. The van der Waals surface area contributed by atoms with E-state index in [1.807, 2.05) is 20.8 Å². The molecule has 1 aliphatic heterocycles. The second kappa shape index (κ2) is 5.71. The maximum Gasteiger partial charge on any atom is 0.225 e. The molecule has 1 amide bonds. The van der Waals surface area contributed by atoms with Crippen molar-refractivity contribution in [1.29, 1.82) is 0 Å². The van der Waals surface area contributed by atoms with E-state index in [1.165, 1.54) is 0 Å². The molecule has 2 unspecified atom stereocenters. The normalized spacial score (nSPS) is 25.9. The molecular formula is C11H23ClN2O. The summed E-state index contributed by atoms with van der Waals surface area (Å²) in [5.41, 5.74) is -0.113. The van der Waals surface area contributed by atoms with Crippen LogP contribution in [0.25, 0.3) is 0 Å². The zero-order valence-corrected chi connectivity index (χ0v) is 10.9. The summed E-state index contributed by atoms with van der Waals surface area (Å²) in [7, 11) is 0. The number of halogens is 1. The maximum absolute atomic E-state index is 11.9. The third kappa shape index (κ3) is 4.39. The SMILES string of the molecule is CCC1NCCC1C(=O)NC(C)(C)C.Cl. The summed E-state index contributed by atoms with van der Waals surface area (Å²) >= 11 is 0. The third-order valence-corrected chi connectivity index (χ3v) is 2.62. The average molecular weight is 235 g/mol. The molecular weight excluding hydrogens is 212 g/mol. The predicted molar refractivity (Wildman–Crippen MR) is 65.3 cm³/mol. The van der Waals surface area contributed by atoms with Crippen molar-refractivity contribution in [3.05, 3.63) is 0 Å². The van der Waals surface area contributed by atoms with E-state index in [1.54, 1.807) is 0 Å². The first-order valence-electron chi connectivity index (χ1n) is 5.49. The lowest BCUT2D eigenvalue weighted by atomic mass is 9.96. The van der Waals surface area contributed by atoms with Gasteiger partial charge < -0.3 is 10.6 Å². The lowest BCUT2D eigenvalue weighted by Gasteiger charge is -2.25. The number of hydrogen-bond donors (Lipinski definition) is 2. The topological polar surface area (TPSA) is 41.1 Å². The van der Waals surface area contributed by atoms with Gasteiger partial charge in [-0.25, -0.2) is 0 Å². The molecule has 1 fully saturated rings. The van der Waals surface area contributed by atoms with E-state index in [0.717, 1.165) is 19.4 Å². The van der Waals surface area contributed by atoms with Gasteiger partial charge in [-0.05, 0) is 40.2 Å². The standard InChI is InChI=1S/C11H22N2O.ClH/c1-5-9-8(6-7-12-9)10(14)13-11(2,3)4;/h8-9,12H,5-7H2,1-4H3,(H,13,14);1H. The van der Waals surface area contributed by atoms with Crippen LogP contribution >= 0.6 is 12.4 Å². The van der Waals surface area contributed by atoms with Crippen LogP contribution in [0.5, 0.6) is 0 Å². The Hall–Kier alpha value is -0.280. The summed E-state index contributed by atoms with van der Waals surface area (Å²) in [5, 5.41) is 6.41. The van der Waals surface area contributed by atoms with Crippen LogP contribution in [0, 0.1) is 5.92 Å². The van der Waals surface area contributed by atoms with Gasteiger partial charge in [0.2, 0.25) is 5.91 Å². The van der Waals surface area contributed by atoms with Crippen molar-refractivity contribution in [3.63, 3.8) is 0 Å². The fourth-order valence-electron chi connectivity index (χ4n) is 1.97. The molecule has 0 aromatic heterocycles. The highest BCUT2D eigenvalue weighted by Gasteiger charge is 2.32. The Morgan fingerprint density at radius 1 is 1.47 bits per heavy atom. The van der Waals surface area contributed by atoms with Crippen molar-refractivity contribution in [3.8, 4) is 0 Å². The van der Waals surface area contributed by atoms with Crippen LogP contribution in [0.2, 0.25) is 0 Å². The van der Waals surface area contributed by atoms with Gasteiger partial charge in [0.05, 0.1) is 5.92 Å². The monoisotopic (exact) mass is 234 g/mol. The Labute approximate surface area is 98.8 Å². The van der Waals surface area contributed by atoms with Crippen LogP contribution in [-0.2, 0) is 4.79 Å². The van der Waals surface area contributed by atoms with Gasteiger partial charge in [-0.2, -0.15) is 0 Å². The molecule has 90 valence electrons. The fraction of sp³-hybridized carbons (Fsp3) is 0.909. The Morgan fingerprint density at radius 3 is 2.53 bits per heavy atom. The van der Waals surface area contributed by atoms with E-state index in [9.17, 15) is 4.79 Å². The summed E-state index contributed by atoms with van der Waals surface area (Å²) in [4.78, 5) is 11.9. The minimum atomic E-state index is -0.113. The van der Waals surface area contributed by atoms with E-state index >= 15 is 0 Å². The van der Waals surface area contributed by atoms with Crippen molar-refractivity contribution >= 4 is 18.3 Å². The molecule has 1 rings (SSSR count). The van der Waals surface area contributed by atoms with Gasteiger partial charge >= 0.3 is 0 Å². The minimum Gasteiger partial charge on any atom is -0.351 e. The van der Waals surface area contributed by atoms with Gasteiger partial charge in [-0.1, -0.05) is 6.92 Å². The van der Waals surface area contributed by atoms with Gasteiger partial charge in [0.15, 0.2) is 0 Å². The molecule has 1 heterocycles. The van der Waals surface area contributed by atoms with Crippen LogP contribution in [0.15, 0.2) is 0 Å². The lowest BCUT2D eigenvalue weighted by molar-refractivity contribution is -0.126. The zero-order chi connectivity index (χ0) is 10.8. The van der Waals surface area contributed by atoms with Crippen LogP contribution in [0.1, 0.15) is 40.5 Å². The first kappa shape index (κ1) is 14.7. The average Bonchev–Trinajstić information content (AvgIpc) is 2.47. The molecule has 3 nitrogen and oxygen atoms in total. The molecule has 1 saturated heterocycles. The predicted octanol–water partition coefficient (Wildman–Crippen LogP) is 1.71. The van der Waals surface area contributed by atoms with Crippen molar-refractivity contribution in [1.82, 2.24) is 10.6 Å². The highest BCUT2D eigenvalue weighted by Crippen LogP contribution is 2.19. The molecule has 1 aliphatic rings. The highest BCUT2D eigenvalue weighted by molar-refractivity contribution is 5.85. The highest BCUT2D eigenvalue weighted by atomic mass is 35.5. The van der Waals surface area contributed by atoms with Crippen molar-refractivity contribution < 1.29 is 4.79 Å². The van der Waals surface area contributed by atoms with Gasteiger partial charge in [0.25, 0.3) is 0 Å². The number of rotatable bonds is 2. The van der Waals surface area contributed by atoms with E-state index < -0.39 is 0 Å². The summed E-state index contributed by atoms with van der Waals surface area (Å²) in [6, 6.07) is 0.373. The van der Waals surface area contributed by atoms with E-state index in [2.05, 4.69) is 17.6 Å². The first-order valence-corrected chi connectivity index (χ1v) is 5.49. The molecule has 0 radical (unpaired) electrons. The number of amides is 1. The minimum absolute atomic E-state index is 0. The Morgan fingerprint density at radius 2 is 2.07 bits per heavy atom. The molecule has 0 bridgehead atoms. The third-order valence-electron chi connectivity index (χ3n) is 2.62. The first-order chi connectivity index (χ1) is 6.44. The van der Waals surface area contributed by atoms with Gasteiger partial charge in [-0.15, -0.1) is 12.4 Å². The number of carbonyl (C=O) groups excluding carboxylic acids is 1. The Balaban J connectivity index is 0.00000196. The summed E-state index contributed by atoms with van der Waals surface area (Å²) < 4.78 is 0.